The first kappa shape index (κ1) is 17.3. The molecule has 3 aromatic rings. The van der Waals surface area contributed by atoms with Gasteiger partial charge >= 0.3 is 5.97 Å². The van der Waals surface area contributed by atoms with E-state index in [0.717, 1.165) is 16.0 Å². The van der Waals surface area contributed by atoms with E-state index in [-0.39, 0.29) is 5.97 Å². The topological polar surface area (TPSA) is 44.1 Å². The van der Waals surface area contributed by atoms with Crippen molar-refractivity contribution < 1.29 is 9.53 Å². The van der Waals surface area contributed by atoms with Crippen molar-refractivity contribution >= 4 is 51.4 Å². The maximum atomic E-state index is 11.5. The van der Waals surface area contributed by atoms with Gasteiger partial charge in [-0.1, -0.05) is 30.3 Å². The van der Waals surface area contributed by atoms with Crippen LogP contribution in [-0.4, -0.2) is 21.5 Å². The largest absolute Gasteiger partial charge is 0.466 e. The van der Waals surface area contributed by atoms with Crippen molar-refractivity contribution in [1.29, 1.82) is 0 Å². The SMILES string of the molecule is CCOC(=O)CCCn1c(=S)sc2c(Cc3ccccc3)snc21. The number of aryl methyl sites for hydroxylation is 1. The number of fused-ring (bicyclic) bond motifs is 1. The number of aromatic nitrogens is 2. The standard InChI is InChI=1S/C17H18N2O2S3/c1-2-21-14(20)9-6-10-19-16-15(23-17(19)22)13(24-18-16)11-12-7-4-3-5-8-12/h3-5,7-8H,2,6,9-11H2,1H3. The van der Waals surface area contributed by atoms with E-state index in [4.69, 9.17) is 17.0 Å². The summed E-state index contributed by atoms with van der Waals surface area (Å²) in [4.78, 5) is 12.7. The lowest BCUT2D eigenvalue weighted by molar-refractivity contribution is -0.143. The summed E-state index contributed by atoms with van der Waals surface area (Å²) >= 11 is 8.64. The molecule has 0 aliphatic rings. The molecule has 0 amide bonds. The molecule has 0 fully saturated rings. The van der Waals surface area contributed by atoms with Crippen LogP contribution >= 0.6 is 35.1 Å². The molecular weight excluding hydrogens is 360 g/mol. The molecule has 0 atom stereocenters. The second-order valence-electron chi connectivity index (χ2n) is 5.35. The summed E-state index contributed by atoms with van der Waals surface area (Å²) in [5.74, 6) is -0.154. The second kappa shape index (κ2) is 8.00. The highest BCUT2D eigenvalue weighted by Crippen LogP contribution is 2.31. The lowest BCUT2D eigenvalue weighted by Crippen LogP contribution is -2.06. The number of hydrogen-bond acceptors (Lipinski definition) is 6. The third kappa shape index (κ3) is 3.91. The zero-order valence-electron chi connectivity index (χ0n) is 13.4. The molecule has 7 heteroatoms. The molecule has 0 radical (unpaired) electrons. The van der Waals surface area contributed by atoms with Crippen LogP contribution in [0.5, 0.6) is 0 Å². The van der Waals surface area contributed by atoms with Crippen LogP contribution in [0.25, 0.3) is 10.3 Å². The van der Waals surface area contributed by atoms with Crippen LogP contribution in [0, 0.1) is 3.95 Å². The van der Waals surface area contributed by atoms with Gasteiger partial charge in [-0.15, -0.1) is 11.3 Å². The van der Waals surface area contributed by atoms with E-state index in [2.05, 4.69) is 28.6 Å². The predicted molar refractivity (Wildman–Crippen MR) is 101 cm³/mol. The number of thiazole rings is 1. The van der Waals surface area contributed by atoms with E-state index in [0.29, 0.717) is 26.0 Å². The minimum Gasteiger partial charge on any atom is -0.466 e. The Bertz CT molecular complexity index is 880. The summed E-state index contributed by atoms with van der Waals surface area (Å²) in [7, 11) is 0. The van der Waals surface area contributed by atoms with Gasteiger partial charge in [0.15, 0.2) is 9.60 Å². The number of carbonyl (C=O) groups excluding carboxylic acids is 1. The van der Waals surface area contributed by atoms with Crippen LogP contribution in [-0.2, 0) is 22.5 Å². The molecule has 2 aromatic heterocycles. The monoisotopic (exact) mass is 378 g/mol. The van der Waals surface area contributed by atoms with E-state index in [1.165, 1.54) is 26.7 Å². The van der Waals surface area contributed by atoms with Crippen molar-refractivity contribution in [3.05, 3.63) is 44.7 Å². The quantitative estimate of drug-likeness (QED) is 0.437. The van der Waals surface area contributed by atoms with Crippen molar-refractivity contribution in [2.75, 3.05) is 6.61 Å². The number of ether oxygens (including phenoxy) is 1. The molecule has 24 heavy (non-hydrogen) atoms. The van der Waals surface area contributed by atoms with E-state index in [1.807, 2.05) is 17.6 Å². The fourth-order valence-electron chi connectivity index (χ4n) is 2.51. The fraction of sp³-hybridized carbons (Fsp3) is 0.353. The Labute approximate surface area is 153 Å². The van der Waals surface area contributed by atoms with Crippen molar-refractivity contribution in [1.82, 2.24) is 8.94 Å². The molecule has 1 aromatic carbocycles. The van der Waals surface area contributed by atoms with Gasteiger partial charge < -0.3 is 9.30 Å². The number of carbonyl (C=O) groups is 1. The number of esters is 1. The van der Waals surface area contributed by atoms with Gasteiger partial charge in [0.1, 0.15) is 0 Å². The molecule has 0 saturated carbocycles. The number of hydrogen-bond donors (Lipinski definition) is 0. The first-order valence-corrected chi connectivity index (χ1v) is 9.86. The summed E-state index contributed by atoms with van der Waals surface area (Å²) in [5.41, 5.74) is 2.22. The fourth-order valence-corrected chi connectivity index (χ4v) is 4.92. The highest BCUT2D eigenvalue weighted by molar-refractivity contribution is 7.73. The molecule has 0 spiro atoms. The highest BCUT2D eigenvalue weighted by Gasteiger charge is 2.14. The zero-order chi connectivity index (χ0) is 16.9. The summed E-state index contributed by atoms with van der Waals surface area (Å²) in [6.45, 7) is 2.95. The lowest BCUT2D eigenvalue weighted by Gasteiger charge is -2.03. The van der Waals surface area contributed by atoms with Crippen molar-refractivity contribution in [2.24, 2.45) is 0 Å². The van der Waals surface area contributed by atoms with Crippen molar-refractivity contribution in [3.63, 3.8) is 0 Å². The van der Waals surface area contributed by atoms with E-state index in [9.17, 15) is 4.79 Å². The normalized spacial score (nSPS) is 11.0. The van der Waals surface area contributed by atoms with Gasteiger partial charge in [-0.3, -0.25) is 4.79 Å². The number of benzene rings is 1. The molecular formula is C17H18N2O2S3. The van der Waals surface area contributed by atoms with Gasteiger partial charge in [-0.25, -0.2) is 0 Å². The van der Waals surface area contributed by atoms with Crippen LogP contribution in [0.3, 0.4) is 0 Å². The van der Waals surface area contributed by atoms with Crippen LogP contribution < -0.4 is 0 Å². The molecule has 4 nitrogen and oxygen atoms in total. The molecule has 0 aliphatic carbocycles. The Hall–Kier alpha value is -1.57. The second-order valence-corrected chi connectivity index (χ2v) is 7.85. The van der Waals surface area contributed by atoms with Crippen molar-refractivity contribution in [2.45, 2.75) is 32.7 Å². The maximum Gasteiger partial charge on any atom is 0.305 e. The summed E-state index contributed by atoms with van der Waals surface area (Å²) < 4.78 is 13.6. The highest BCUT2D eigenvalue weighted by atomic mass is 32.1. The maximum absolute atomic E-state index is 11.5. The zero-order valence-corrected chi connectivity index (χ0v) is 15.8. The smallest absolute Gasteiger partial charge is 0.305 e. The Kier molecular flexibility index (Phi) is 5.76. The van der Waals surface area contributed by atoms with Crippen molar-refractivity contribution in [3.8, 4) is 0 Å². The van der Waals surface area contributed by atoms with Gasteiger partial charge in [0, 0.05) is 24.3 Å². The van der Waals surface area contributed by atoms with Gasteiger partial charge in [0.2, 0.25) is 0 Å². The molecule has 0 saturated heterocycles. The molecule has 126 valence electrons. The summed E-state index contributed by atoms with van der Waals surface area (Å²) in [6.07, 6.45) is 2.00. The van der Waals surface area contributed by atoms with E-state index in [1.54, 1.807) is 11.3 Å². The molecule has 3 rings (SSSR count). The Morgan fingerprint density at radius 2 is 2.12 bits per heavy atom. The van der Waals surface area contributed by atoms with E-state index >= 15 is 0 Å². The van der Waals surface area contributed by atoms with Gasteiger partial charge in [0.05, 0.1) is 11.3 Å². The third-order valence-electron chi connectivity index (χ3n) is 3.64. The molecule has 2 heterocycles. The predicted octanol–water partition coefficient (Wildman–Crippen LogP) is 4.82. The number of rotatable bonds is 7. The first-order chi connectivity index (χ1) is 11.7. The Morgan fingerprint density at radius 1 is 1.33 bits per heavy atom. The van der Waals surface area contributed by atoms with Crippen LogP contribution in [0.2, 0.25) is 0 Å². The summed E-state index contributed by atoms with van der Waals surface area (Å²) in [6, 6.07) is 10.4. The van der Waals surface area contributed by atoms with Crippen LogP contribution in [0.4, 0.5) is 0 Å². The average molecular weight is 379 g/mol. The third-order valence-corrected chi connectivity index (χ3v) is 6.10. The van der Waals surface area contributed by atoms with Crippen LogP contribution in [0.15, 0.2) is 30.3 Å². The minimum atomic E-state index is -0.154. The minimum absolute atomic E-state index is 0.154. The Balaban J connectivity index is 1.75. The molecule has 0 bridgehead atoms. The molecule has 0 unspecified atom stereocenters. The Morgan fingerprint density at radius 3 is 2.88 bits per heavy atom. The molecule has 0 N–H and O–H groups in total. The summed E-state index contributed by atoms with van der Waals surface area (Å²) in [5, 5.41) is 0. The van der Waals surface area contributed by atoms with Gasteiger partial charge in [-0.05, 0) is 42.7 Å². The average Bonchev–Trinajstić information content (AvgIpc) is 3.09. The van der Waals surface area contributed by atoms with E-state index < -0.39 is 0 Å². The van der Waals surface area contributed by atoms with Crippen LogP contribution in [0.1, 0.15) is 30.2 Å². The molecule has 0 aliphatic heterocycles. The lowest BCUT2D eigenvalue weighted by atomic mass is 10.1. The first-order valence-electron chi connectivity index (χ1n) is 7.86. The number of nitrogens with zero attached hydrogens (tertiary/aromatic N) is 2. The van der Waals surface area contributed by atoms with Gasteiger partial charge in [0.25, 0.3) is 0 Å². The van der Waals surface area contributed by atoms with Gasteiger partial charge in [-0.2, -0.15) is 4.37 Å².